The van der Waals surface area contributed by atoms with E-state index in [4.69, 9.17) is 4.74 Å². The third kappa shape index (κ3) is 3.50. The molecule has 2 aliphatic rings. The molecule has 2 rings (SSSR count). The molecule has 0 aromatic heterocycles. The lowest BCUT2D eigenvalue weighted by molar-refractivity contribution is -0.000749. The number of rotatable bonds is 6. The van der Waals surface area contributed by atoms with Crippen LogP contribution in [0, 0.1) is 0 Å². The first-order chi connectivity index (χ1) is 9.22. The van der Waals surface area contributed by atoms with Crippen LogP contribution in [0.4, 0.5) is 0 Å². The summed E-state index contributed by atoms with van der Waals surface area (Å²) in [6.07, 6.45) is 9.35. The van der Waals surface area contributed by atoms with E-state index in [0.29, 0.717) is 17.6 Å². The summed E-state index contributed by atoms with van der Waals surface area (Å²) in [5, 5.41) is 3.82. The second kappa shape index (κ2) is 7.05. The number of nitrogens with one attached hydrogen (secondary N) is 1. The van der Waals surface area contributed by atoms with Crippen LogP contribution in [0.15, 0.2) is 0 Å². The van der Waals surface area contributed by atoms with Crippen molar-refractivity contribution in [2.75, 3.05) is 26.8 Å². The van der Waals surface area contributed by atoms with Crippen LogP contribution >= 0.6 is 0 Å². The van der Waals surface area contributed by atoms with Gasteiger partial charge in [-0.25, -0.2) is 0 Å². The average Bonchev–Trinajstić information content (AvgIpc) is 2.88. The Bertz CT molecular complexity index is 263. The average molecular weight is 268 g/mol. The summed E-state index contributed by atoms with van der Waals surface area (Å²) in [7, 11) is 1.82. The van der Waals surface area contributed by atoms with Crippen molar-refractivity contribution in [3.8, 4) is 0 Å². The molecule has 1 aliphatic carbocycles. The predicted octanol–water partition coefficient (Wildman–Crippen LogP) is 2.80. The second-order valence-corrected chi connectivity index (χ2v) is 6.58. The Morgan fingerprint density at radius 1 is 1.37 bits per heavy atom. The zero-order valence-corrected chi connectivity index (χ0v) is 13.1. The van der Waals surface area contributed by atoms with Crippen LogP contribution in [-0.2, 0) is 4.74 Å². The molecule has 0 aromatic carbocycles. The molecular weight excluding hydrogens is 236 g/mol. The van der Waals surface area contributed by atoms with Crippen molar-refractivity contribution in [2.24, 2.45) is 0 Å². The molecule has 0 amide bonds. The van der Waals surface area contributed by atoms with Gasteiger partial charge in [0.1, 0.15) is 0 Å². The first kappa shape index (κ1) is 15.3. The number of methoxy groups -OCH3 is 1. The van der Waals surface area contributed by atoms with Crippen molar-refractivity contribution in [3.05, 3.63) is 0 Å². The highest BCUT2D eigenvalue weighted by Crippen LogP contribution is 2.38. The topological polar surface area (TPSA) is 24.5 Å². The quantitative estimate of drug-likeness (QED) is 0.801. The molecule has 0 bridgehead atoms. The summed E-state index contributed by atoms with van der Waals surface area (Å²) in [5.74, 6) is 0. The van der Waals surface area contributed by atoms with Crippen LogP contribution < -0.4 is 5.32 Å². The molecule has 3 nitrogen and oxygen atoms in total. The maximum Gasteiger partial charge on any atom is 0.0477 e. The van der Waals surface area contributed by atoms with E-state index in [1.807, 2.05) is 7.11 Å². The Hall–Kier alpha value is -0.120. The maximum atomic E-state index is 5.29. The summed E-state index contributed by atoms with van der Waals surface area (Å²) in [6.45, 7) is 8.01. The molecule has 2 unspecified atom stereocenters. The van der Waals surface area contributed by atoms with Crippen LogP contribution in [0.2, 0.25) is 0 Å². The summed E-state index contributed by atoms with van der Waals surface area (Å²) >= 11 is 0. The SMILES string of the molecule is CCCC1CN(C(C)CCOC)C2(CCCC2)CN1. The van der Waals surface area contributed by atoms with Gasteiger partial charge in [-0.3, -0.25) is 4.90 Å². The van der Waals surface area contributed by atoms with Crippen LogP contribution in [0.25, 0.3) is 0 Å². The van der Waals surface area contributed by atoms with Crippen LogP contribution in [0.3, 0.4) is 0 Å². The van der Waals surface area contributed by atoms with E-state index in [1.165, 1.54) is 51.6 Å². The molecule has 0 radical (unpaired) electrons. The van der Waals surface area contributed by atoms with Gasteiger partial charge in [-0.2, -0.15) is 0 Å². The van der Waals surface area contributed by atoms with Gasteiger partial charge in [-0.1, -0.05) is 26.2 Å². The standard InChI is InChI=1S/C16H32N2O/c1-4-7-15-12-18(14(2)8-11-19-3)16(13-17-15)9-5-6-10-16/h14-15,17H,4-13H2,1-3H3. The predicted molar refractivity (Wildman–Crippen MR) is 80.6 cm³/mol. The van der Waals surface area contributed by atoms with Crippen molar-refractivity contribution in [2.45, 2.75) is 76.4 Å². The minimum atomic E-state index is 0.456. The van der Waals surface area contributed by atoms with Crippen molar-refractivity contribution in [1.82, 2.24) is 10.2 Å². The molecule has 1 N–H and O–H groups in total. The molecule has 19 heavy (non-hydrogen) atoms. The monoisotopic (exact) mass is 268 g/mol. The molecule has 3 heteroatoms. The number of piperazine rings is 1. The molecule has 1 heterocycles. The molecule has 112 valence electrons. The molecule has 1 aliphatic heterocycles. The van der Waals surface area contributed by atoms with Crippen molar-refractivity contribution < 1.29 is 4.74 Å². The molecule has 2 atom stereocenters. The van der Waals surface area contributed by atoms with Gasteiger partial charge in [-0.15, -0.1) is 0 Å². The Kier molecular flexibility index (Phi) is 5.67. The first-order valence-electron chi connectivity index (χ1n) is 8.21. The minimum Gasteiger partial charge on any atom is -0.385 e. The highest BCUT2D eigenvalue weighted by molar-refractivity contribution is 5.03. The molecule has 1 spiro atoms. The van der Waals surface area contributed by atoms with E-state index in [1.54, 1.807) is 0 Å². The van der Waals surface area contributed by atoms with Crippen LogP contribution in [-0.4, -0.2) is 49.3 Å². The minimum absolute atomic E-state index is 0.456. The molecule has 2 fully saturated rings. The van der Waals surface area contributed by atoms with Gasteiger partial charge in [0.2, 0.25) is 0 Å². The fourth-order valence-electron chi connectivity index (χ4n) is 4.06. The Morgan fingerprint density at radius 3 is 2.74 bits per heavy atom. The number of hydrogen-bond donors (Lipinski definition) is 1. The van der Waals surface area contributed by atoms with Gasteiger partial charge in [0.25, 0.3) is 0 Å². The largest absolute Gasteiger partial charge is 0.385 e. The van der Waals surface area contributed by atoms with Crippen molar-refractivity contribution in [1.29, 1.82) is 0 Å². The van der Waals surface area contributed by atoms with E-state index in [2.05, 4.69) is 24.1 Å². The highest BCUT2D eigenvalue weighted by Gasteiger charge is 2.44. The number of ether oxygens (including phenoxy) is 1. The Labute approximate surface area is 119 Å². The van der Waals surface area contributed by atoms with Gasteiger partial charge in [0.15, 0.2) is 0 Å². The van der Waals surface area contributed by atoms with Gasteiger partial charge in [0, 0.05) is 44.4 Å². The Morgan fingerprint density at radius 2 is 2.11 bits per heavy atom. The Balaban J connectivity index is 2.02. The number of hydrogen-bond acceptors (Lipinski definition) is 3. The van der Waals surface area contributed by atoms with Gasteiger partial charge in [-0.05, 0) is 32.6 Å². The summed E-state index contributed by atoms with van der Waals surface area (Å²) in [5.41, 5.74) is 0.456. The van der Waals surface area contributed by atoms with E-state index in [0.717, 1.165) is 13.0 Å². The summed E-state index contributed by atoms with van der Waals surface area (Å²) in [4.78, 5) is 2.83. The van der Waals surface area contributed by atoms with E-state index in [9.17, 15) is 0 Å². The fourth-order valence-corrected chi connectivity index (χ4v) is 4.06. The van der Waals surface area contributed by atoms with Crippen LogP contribution in [0.5, 0.6) is 0 Å². The van der Waals surface area contributed by atoms with E-state index >= 15 is 0 Å². The summed E-state index contributed by atoms with van der Waals surface area (Å²) < 4.78 is 5.29. The third-order valence-corrected chi connectivity index (χ3v) is 5.19. The summed E-state index contributed by atoms with van der Waals surface area (Å²) in [6, 6.07) is 1.35. The normalized spacial score (nSPS) is 28.9. The molecule has 1 saturated carbocycles. The molecule has 0 aromatic rings. The zero-order valence-electron chi connectivity index (χ0n) is 13.1. The lowest BCUT2D eigenvalue weighted by Gasteiger charge is -2.51. The van der Waals surface area contributed by atoms with Gasteiger partial charge >= 0.3 is 0 Å². The van der Waals surface area contributed by atoms with Gasteiger partial charge < -0.3 is 10.1 Å². The molecule has 1 saturated heterocycles. The van der Waals surface area contributed by atoms with Crippen LogP contribution in [0.1, 0.15) is 58.8 Å². The van der Waals surface area contributed by atoms with Crippen molar-refractivity contribution in [3.63, 3.8) is 0 Å². The van der Waals surface area contributed by atoms with E-state index < -0.39 is 0 Å². The van der Waals surface area contributed by atoms with E-state index in [-0.39, 0.29) is 0 Å². The van der Waals surface area contributed by atoms with Crippen molar-refractivity contribution >= 4 is 0 Å². The fraction of sp³-hybridized carbons (Fsp3) is 1.00. The maximum absolute atomic E-state index is 5.29. The number of nitrogens with zero attached hydrogens (tertiary/aromatic N) is 1. The lowest BCUT2D eigenvalue weighted by Crippen LogP contribution is -2.65. The molecular formula is C16H32N2O. The van der Waals surface area contributed by atoms with Gasteiger partial charge in [0.05, 0.1) is 0 Å². The lowest BCUT2D eigenvalue weighted by atomic mass is 9.88. The second-order valence-electron chi connectivity index (χ2n) is 6.58. The third-order valence-electron chi connectivity index (χ3n) is 5.19. The highest BCUT2D eigenvalue weighted by atomic mass is 16.5. The zero-order chi connectivity index (χ0) is 13.7. The first-order valence-corrected chi connectivity index (χ1v) is 8.21. The smallest absolute Gasteiger partial charge is 0.0477 e.